The van der Waals surface area contributed by atoms with Gasteiger partial charge in [-0.1, -0.05) is 77.3 Å². The van der Waals surface area contributed by atoms with E-state index < -0.39 is 28.2 Å². The highest BCUT2D eigenvalue weighted by Gasteiger charge is 2.31. The van der Waals surface area contributed by atoms with Crippen LogP contribution in [-0.4, -0.2) is 23.5 Å². The predicted molar refractivity (Wildman–Crippen MR) is 174 cm³/mol. The second-order valence-corrected chi connectivity index (χ2v) is 13.2. The fourth-order valence-corrected chi connectivity index (χ4v) is 7.77. The summed E-state index contributed by atoms with van der Waals surface area (Å²) < 4.78 is 71.5. The number of rotatable bonds is 7. The molecule has 1 N–H and O–H groups in total. The van der Waals surface area contributed by atoms with E-state index in [-0.39, 0.29) is 58.8 Å². The van der Waals surface area contributed by atoms with E-state index in [4.69, 9.17) is 34.8 Å². The van der Waals surface area contributed by atoms with E-state index in [0.29, 0.717) is 16.7 Å². The van der Waals surface area contributed by atoms with Gasteiger partial charge in [0.05, 0.1) is 21.7 Å². The number of alkyl halides is 2. The van der Waals surface area contributed by atoms with Gasteiger partial charge in [-0.2, -0.15) is 0 Å². The van der Waals surface area contributed by atoms with E-state index in [0.717, 1.165) is 34.3 Å². The van der Waals surface area contributed by atoms with Crippen molar-refractivity contribution in [2.75, 3.05) is 0 Å². The standard InChI is InChI=1S/C34H19Cl3F3NO4S/c35-26-5-2-6-27(36)31(26)30-25-17-22(38)10-14-29(25)41(46(44,45)23-11-7-18(8-12-23)33(39)40)32(30)20-4-1-3-19(15-20)24-13-9-21(34(42)43)16-28(24)37/h1-17,33H,(H,42,43). The van der Waals surface area contributed by atoms with Crippen molar-refractivity contribution in [3.63, 3.8) is 0 Å². The molecular formula is C34H19Cl3F3NO4S. The summed E-state index contributed by atoms with van der Waals surface area (Å²) in [5, 5.41) is 10.0. The van der Waals surface area contributed by atoms with Crippen LogP contribution in [0.3, 0.4) is 0 Å². The third-order valence-corrected chi connectivity index (χ3v) is 10.1. The smallest absolute Gasteiger partial charge is 0.335 e. The number of carboxylic acids is 1. The van der Waals surface area contributed by atoms with Gasteiger partial charge >= 0.3 is 5.97 Å². The molecule has 0 unspecified atom stereocenters. The van der Waals surface area contributed by atoms with Gasteiger partial charge in [0.25, 0.3) is 16.4 Å². The van der Waals surface area contributed by atoms with Crippen LogP contribution in [0.5, 0.6) is 0 Å². The minimum Gasteiger partial charge on any atom is -0.478 e. The fraction of sp³-hybridized carbons (Fsp3) is 0.0294. The van der Waals surface area contributed by atoms with Crippen molar-refractivity contribution in [2.45, 2.75) is 11.3 Å². The number of hydrogen-bond acceptors (Lipinski definition) is 3. The number of aromatic carboxylic acids is 1. The van der Waals surface area contributed by atoms with Gasteiger partial charge in [-0.3, -0.25) is 0 Å². The molecule has 6 rings (SSSR count). The highest BCUT2D eigenvalue weighted by molar-refractivity contribution is 7.90. The monoisotopic (exact) mass is 699 g/mol. The van der Waals surface area contributed by atoms with Crippen molar-refractivity contribution < 1.29 is 31.5 Å². The maximum absolute atomic E-state index is 14.9. The predicted octanol–water partition coefficient (Wildman–Crippen LogP) is 10.6. The van der Waals surface area contributed by atoms with E-state index in [1.165, 1.54) is 30.3 Å². The molecule has 6 aromatic rings. The van der Waals surface area contributed by atoms with Crippen molar-refractivity contribution in [1.29, 1.82) is 0 Å². The van der Waals surface area contributed by atoms with Crippen LogP contribution >= 0.6 is 34.8 Å². The first-order valence-corrected chi connectivity index (χ1v) is 16.0. The van der Waals surface area contributed by atoms with Crippen LogP contribution < -0.4 is 0 Å². The SMILES string of the molecule is O=C(O)c1ccc(-c2cccc(-c3c(-c4c(Cl)cccc4Cl)c4cc(F)ccc4n3S(=O)(=O)c3ccc(C(F)F)cc3)c2)c(Cl)c1. The van der Waals surface area contributed by atoms with Gasteiger partial charge in [0.15, 0.2) is 0 Å². The molecule has 0 aliphatic carbocycles. The highest BCUT2D eigenvalue weighted by atomic mass is 35.5. The van der Waals surface area contributed by atoms with Crippen LogP contribution in [-0.2, 0) is 10.0 Å². The van der Waals surface area contributed by atoms with Crippen molar-refractivity contribution in [3.8, 4) is 33.5 Å². The van der Waals surface area contributed by atoms with Crippen molar-refractivity contribution in [3.05, 3.63) is 135 Å². The largest absolute Gasteiger partial charge is 0.478 e. The Balaban J connectivity index is 1.72. The molecule has 0 radical (unpaired) electrons. The number of carboxylic acid groups (broad SMARTS) is 1. The zero-order chi connectivity index (χ0) is 32.9. The molecule has 0 saturated carbocycles. The molecule has 1 aromatic heterocycles. The Kier molecular flexibility index (Phi) is 8.37. The molecule has 232 valence electrons. The molecular weight excluding hydrogens is 682 g/mol. The van der Waals surface area contributed by atoms with Crippen LogP contribution in [0.2, 0.25) is 15.1 Å². The summed E-state index contributed by atoms with van der Waals surface area (Å²) in [7, 11) is -4.54. The number of nitrogens with zero attached hydrogens (tertiary/aromatic N) is 1. The van der Waals surface area contributed by atoms with Gasteiger partial charge in [0.2, 0.25) is 0 Å². The Bertz CT molecular complexity index is 2270. The molecule has 5 nitrogen and oxygen atoms in total. The lowest BCUT2D eigenvalue weighted by molar-refractivity contribution is 0.0697. The Labute approximate surface area is 276 Å². The summed E-state index contributed by atoms with van der Waals surface area (Å²) in [6, 6.07) is 23.4. The van der Waals surface area contributed by atoms with Crippen molar-refractivity contribution in [2.24, 2.45) is 0 Å². The zero-order valence-electron chi connectivity index (χ0n) is 23.2. The molecule has 0 saturated heterocycles. The lowest BCUT2D eigenvalue weighted by atomic mass is 9.95. The van der Waals surface area contributed by atoms with Gasteiger partial charge in [0.1, 0.15) is 5.82 Å². The molecule has 1 heterocycles. The summed E-state index contributed by atoms with van der Waals surface area (Å²) in [6.07, 6.45) is -2.81. The number of halogens is 6. The van der Waals surface area contributed by atoms with E-state index >= 15 is 0 Å². The summed E-state index contributed by atoms with van der Waals surface area (Å²) >= 11 is 19.8. The summed E-state index contributed by atoms with van der Waals surface area (Å²) in [5.74, 6) is -1.81. The first-order valence-electron chi connectivity index (χ1n) is 13.4. The minimum atomic E-state index is -4.54. The van der Waals surface area contributed by atoms with Gasteiger partial charge in [-0.25, -0.2) is 30.4 Å². The number of benzene rings is 5. The molecule has 5 aromatic carbocycles. The number of fused-ring (bicyclic) bond motifs is 1. The fourth-order valence-electron chi connectivity index (χ4n) is 5.34. The Morgan fingerprint density at radius 2 is 1.39 bits per heavy atom. The maximum atomic E-state index is 14.9. The van der Waals surface area contributed by atoms with Crippen LogP contribution in [0.25, 0.3) is 44.4 Å². The lowest BCUT2D eigenvalue weighted by Crippen LogP contribution is -2.14. The quantitative estimate of drug-likeness (QED) is 0.180. The van der Waals surface area contributed by atoms with E-state index in [2.05, 4.69) is 0 Å². The normalized spacial score (nSPS) is 11.8. The molecule has 0 spiro atoms. The average Bonchev–Trinajstić information content (AvgIpc) is 3.35. The Morgan fingerprint density at radius 1 is 0.739 bits per heavy atom. The van der Waals surface area contributed by atoms with Crippen LogP contribution in [0, 0.1) is 5.82 Å². The first kappa shape index (κ1) is 31.7. The second-order valence-electron chi connectivity index (χ2n) is 10.2. The van der Waals surface area contributed by atoms with E-state index in [1.807, 2.05) is 0 Å². The third-order valence-electron chi connectivity index (χ3n) is 7.43. The number of carbonyl (C=O) groups is 1. The van der Waals surface area contributed by atoms with Crippen LogP contribution in [0.15, 0.2) is 108 Å². The molecule has 46 heavy (non-hydrogen) atoms. The van der Waals surface area contributed by atoms with E-state index in [9.17, 15) is 31.5 Å². The molecule has 0 aliphatic heterocycles. The number of hydrogen-bond donors (Lipinski definition) is 1. The lowest BCUT2D eigenvalue weighted by Gasteiger charge is -2.16. The maximum Gasteiger partial charge on any atom is 0.335 e. The van der Waals surface area contributed by atoms with Crippen molar-refractivity contribution >= 4 is 61.7 Å². The third kappa shape index (κ3) is 5.54. The second kappa shape index (κ2) is 12.1. The Hall–Kier alpha value is -4.28. The van der Waals surface area contributed by atoms with Crippen LogP contribution in [0.4, 0.5) is 13.2 Å². The van der Waals surface area contributed by atoms with Gasteiger partial charge in [0, 0.05) is 48.3 Å². The summed E-state index contributed by atoms with van der Waals surface area (Å²) in [4.78, 5) is 11.2. The molecule has 0 amide bonds. The topological polar surface area (TPSA) is 76.4 Å². The summed E-state index contributed by atoms with van der Waals surface area (Å²) in [6.45, 7) is 0. The first-order chi connectivity index (χ1) is 21.9. The molecule has 0 bridgehead atoms. The molecule has 0 atom stereocenters. The summed E-state index contributed by atoms with van der Waals surface area (Å²) in [5.41, 5.74) is 1.51. The van der Waals surface area contributed by atoms with Gasteiger partial charge in [-0.15, -0.1) is 0 Å². The molecule has 12 heteroatoms. The molecule has 0 fully saturated rings. The van der Waals surface area contributed by atoms with Crippen LogP contribution in [0.1, 0.15) is 22.3 Å². The van der Waals surface area contributed by atoms with Gasteiger partial charge in [-0.05, 0) is 66.2 Å². The van der Waals surface area contributed by atoms with Crippen molar-refractivity contribution in [1.82, 2.24) is 3.97 Å². The Morgan fingerprint density at radius 3 is 2.02 bits per heavy atom. The number of aromatic nitrogens is 1. The minimum absolute atomic E-state index is 0.0216. The van der Waals surface area contributed by atoms with Gasteiger partial charge < -0.3 is 5.11 Å². The molecule has 0 aliphatic rings. The average molecular weight is 701 g/mol. The highest BCUT2D eigenvalue weighted by Crippen LogP contribution is 2.48. The van der Waals surface area contributed by atoms with E-state index in [1.54, 1.807) is 42.5 Å². The zero-order valence-corrected chi connectivity index (χ0v) is 26.3.